The molecular weight excluding hydrogens is 204 g/mol. The monoisotopic (exact) mass is 224 g/mol. The molecule has 0 aliphatic carbocycles. The third-order valence-electron chi connectivity index (χ3n) is 2.68. The van der Waals surface area contributed by atoms with Crippen LogP contribution in [0.5, 0.6) is 5.75 Å². The Morgan fingerprint density at radius 3 is 2.75 bits per heavy atom. The first-order chi connectivity index (χ1) is 7.60. The molecule has 0 saturated carbocycles. The molecule has 1 rings (SSSR count). The molecule has 0 bridgehead atoms. The molecule has 0 aliphatic heterocycles. The lowest BCUT2D eigenvalue weighted by Crippen LogP contribution is -2.11. The first-order valence-electron chi connectivity index (χ1n) is 5.71. The lowest BCUT2D eigenvalue weighted by molar-refractivity contribution is -0.121. The summed E-state index contributed by atoms with van der Waals surface area (Å²) in [5.41, 5.74) is 1.01. The highest BCUT2D eigenvalue weighted by molar-refractivity contribution is 5.80. The highest BCUT2D eigenvalue weighted by atomic mass is 16.5. The van der Waals surface area contributed by atoms with Gasteiger partial charge in [-0.2, -0.15) is 5.10 Å². The van der Waals surface area contributed by atoms with E-state index in [1.54, 1.807) is 13.3 Å². The Balaban J connectivity index is 2.71. The van der Waals surface area contributed by atoms with Gasteiger partial charge in [0.15, 0.2) is 5.75 Å². The van der Waals surface area contributed by atoms with Gasteiger partial charge >= 0.3 is 0 Å². The predicted molar refractivity (Wildman–Crippen MR) is 62.6 cm³/mol. The van der Waals surface area contributed by atoms with Gasteiger partial charge in [-0.15, -0.1) is 0 Å². The van der Waals surface area contributed by atoms with E-state index in [0.717, 1.165) is 18.0 Å². The van der Waals surface area contributed by atoms with Crippen molar-refractivity contribution in [2.24, 2.45) is 5.92 Å². The van der Waals surface area contributed by atoms with E-state index in [-0.39, 0.29) is 11.7 Å². The highest BCUT2D eigenvalue weighted by Gasteiger charge is 2.13. The van der Waals surface area contributed by atoms with E-state index in [2.05, 4.69) is 5.10 Å². The van der Waals surface area contributed by atoms with Gasteiger partial charge in [0.05, 0.1) is 19.0 Å². The number of nitrogens with zero attached hydrogens (tertiary/aromatic N) is 2. The minimum Gasteiger partial charge on any atom is -0.493 e. The van der Waals surface area contributed by atoms with E-state index in [9.17, 15) is 4.79 Å². The van der Waals surface area contributed by atoms with E-state index >= 15 is 0 Å². The summed E-state index contributed by atoms with van der Waals surface area (Å²) in [4.78, 5) is 11.6. The van der Waals surface area contributed by atoms with Gasteiger partial charge in [-0.05, 0) is 13.3 Å². The Bertz CT molecular complexity index is 334. The van der Waals surface area contributed by atoms with Gasteiger partial charge in [-0.25, -0.2) is 0 Å². The van der Waals surface area contributed by atoms with Gasteiger partial charge in [0.25, 0.3) is 0 Å². The first-order valence-corrected chi connectivity index (χ1v) is 5.71. The van der Waals surface area contributed by atoms with Crippen molar-refractivity contribution in [2.75, 3.05) is 7.11 Å². The zero-order valence-electron chi connectivity index (χ0n) is 10.5. The Morgan fingerprint density at radius 1 is 1.56 bits per heavy atom. The van der Waals surface area contributed by atoms with Crippen molar-refractivity contribution in [3.63, 3.8) is 0 Å². The fourth-order valence-electron chi connectivity index (χ4n) is 1.62. The van der Waals surface area contributed by atoms with Crippen LogP contribution in [0.4, 0.5) is 0 Å². The normalized spacial score (nSPS) is 10.8. The third-order valence-corrected chi connectivity index (χ3v) is 2.68. The van der Waals surface area contributed by atoms with Crippen LogP contribution in [-0.4, -0.2) is 22.7 Å². The second kappa shape index (κ2) is 5.68. The van der Waals surface area contributed by atoms with E-state index in [1.165, 1.54) is 0 Å². The van der Waals surface area contributed by atoms with Crippen LogP contribution in [0.15, 0.2) is 6.20 Å². The molecule has 0 aromatic carbocycles. The lowest BCUT2D eigenvalue weighted by Gasteiger charge is -2.08. The summed E-state index contributed by atoms with van der Waals surface area (Å²) in [7, 11) is 1.63. The number of ether oxygens (including phenoxy) is 1. The van der Waals surface area contributed by atoms with Crippen LogP contribution in [0.2, 0.25) is 0 Å². The average Bonchev–Trinajstić information content (AvgIpc) is 2.67. The smallest absolute Gasteiger partial charge is 0.159 e. The molecule has 1 aromatic heterocycles. The van der Waals surface area contributed by atoms with Crippen LogP contribution < -0.4 is 4.74 Å². The zero-order valence-corrected chi connectivity index (χ0v) is 10.5. The summed E-state index contributed by atoms with van der Waals surface area (Å²) in [6, 6.07) is 0. The number of methoxy groups -OCH3 is 1. The summed E-state index contributed by atoms with van der Waals surface area (Å²) in [6.07, 6.45) is 2.96. The van der Waals surface area contributed by atoms with Crippen molar-refractivity contribution in [3.05, 3.63) is 11.9 Å². The van der Waals surface area contributed by atoms with Gasteiger partial charge in [-0.1, -0.05) is 13.8 Å². The topological polar surface area (TPSA) is 44.1 Å². The molecule has 0 atom stereocenters. The van der Waals surface area contributed by atoms with Gasteiger partial charge in [0, 0.05) is 18.9 Å². The molecule has 0 radical (unpaired) electrons. The molecule has 0 aliphatic rings. The first kappa shape index (κ1) is 12.7. The van der Waals surface area contributed by atoms with Crippen LogP contribution in [0.3, 0.4) is 0 Å². The molecule has 4 heteroatoms. The van der Waals surface area contributed by atoms with E-state index < -0.39 is 0 Å². The number of hydrogen-bond donors (Lipinski definition) is 0. The van der Waals surface area contributed by atoms with Crippen molar-refractivity contribution >= 4 is 5.78 Å². The molecule has 0 spiro atoms. The summed E-state index contributed by atoms with van der Waals surface area (Å²) in [6.45, 7) is 6.68. The molecule has 0 saturated heterocycles. The number of aryl methyl sites for hydroxylation is 1. The molecule has 0 fully saturated rings. The number of carbonyl (C=O) groups excluding carboxylic acids is 1. The summed E-state index contributed by atoms with van der Waals surface area (Å²) >= 11 is 0. The van der Waals surface area contributed by atoms with Crippen molar-refractivity contribution in [1.82, 2.24) is 9.78 Å². The number of hydrogen-bond acceptors (Lipinski definition) is 3. The second-order valence-corrected chi connectivity index (χ2v) is 4.10. The maximum absolute atomic E-state index is 11.6. The maximum atomic E-state index is 11.6. The predicted octanol–water partition coefficient (Wildman–Crippen LogP) is 2.07. The Labute approximate surface area is 96.6 Å². The SMILES string of the molecule is CCn1ncc(OC)c1CCC(=O)C(C)C. The zero-order chi connectivity index (χ0) is 12.1. The number of carbonyl (C=O) groups is 1. The Kier molecular flexibility index (Phi) is 4.52. The van der Waals surface area contributed by atoms with Crippen molar-refractivity contribution in [3.8, 4) is 5.75 Å². The standard InChI is InChI=1S/C12H20N2O2/c1-5-14-10(12(16-4)8-13-14)6-7-11(15)9(2)3/h8-9H,5-7H2,1-4H3. The largest absolute Gasteiger partial charge is 0.493 e. The van der Waals surface area contributed by atoms with Crippen molar-refractivity contribution < 1.29 is 9.53 Å². The summed E-state index contributed by atoms with van der Waals surface area (Å²) < 4.78 is 7.11. The maximum Gasteiger partial charge on any atom is 0.159 e. The van der Waals surface area contributed by atoms with Crippen LogP contribution >= 0.6 is 0 Å². The van der Waals surface area contributed by atoms with Gasteiger partial charge in [-0.3, -0.25) is 9.48 Å². The fraction of sp³-hybridized carbons (Fsp3) is 0.667. The molecule has 0 unspecified atom stereocenters. The van der Waals surface area contributed by atoms with Crippen LogP contribution in [-0.2, 0) is 17.8 Å². The van der Waals surface area contributed by atoms with Crippen LogP contribution in [0.1, 0.15) is 32.9 Å². The van der Waals surface area contributed by atoms with Crippen LogP contribution in [0, 0.1) is 5.92 Å². The molecule has 1 aromatic rings. The minimum atomic E-state index is 0.101. The highest BCUT2D eigenvalue weighted by Crippen LogP contribution is 2.19. The summed E-state index contributed by atoms with van der Waals surface area (Å²) in [5, 5.41) is 4.21. The van der Waals surface area contributed by atoms with E-state index in [0.29, 0.717) is 12.8 Å². The van der Waals surface area contributed by atoms with Gasteiger partial charge < -0.3 is 4.74 Å². The molecule has 4 nitrogen and oxygen atoms in total. The van der Waals surface area contributed by atoms with Gasteiger partial charge in [0.2, 0.25) is 0 Å². The van der Waals surface area contributed by atoms with E-state index in [1.807, 2.05) is 25.5 Å². The Hall–Kier alpha value is -1.32. The average molecular weight is 224 g/mol. The number of ketones is 1. The molecule has 90 valence electrons. The number of rotatable bonds is 6. The second-order valence-electron chi connectivity index (χ2n) is 4.10. The molecule has 0 amide bonds. The van der Waals surface area contributed by atoms with Gasteiger partial charge in [0.1, 0.15) is 5.78 Å². The molecule has 16 heavy (non-hydrogen) atoms. The number of Topliss-reactive ketones (excluding diaryl/α,β-unsaturated/α-hetero) is 1. The summed E-state index contributed by atoms with van der Waals surface area (Å²) in [5.74, 6) is 1.16. The fourth-order valence-corrected chi connectivity index (χ4v) is 1.62. The lowest BCUT2D eigenvalue weighted by atomic mass is 10.0. The minimum absolute atomic E-state index is 0.101. The third kappa shape index (κ3) is 2.84. The molecular formula is C12H20N2O2. The number of aromatic nitrogens is 2. The van der Waals surface area contributed by atoms with Crippen molar-refractivity contribution in [2.45, 2.75) is 40.2 Å². The van der Waals surface area contributed by atoms with E-state index in [4.69, 9.17) is 4.74 Å². The molecule has 0 N–H and O–H groups in total. The van der Waals surface area contributed by atoms with Crippen LogP contribution in [0.25, 0.3) is 0 Å². The quantitative estimate of drug-likeness (QED) is 0.743. The van der Waals surface area contributed by atoms with Crippen molar-refractivity contribution in [1.29, 1.82) is 0 Å². The Morgan fingerprint density at radius 2 is 2.25 bits per heavy atom. The molecule has 1 heterocycles.